The molecule has 0 fully saturated rings. The number of carboxylic acids is 1. The first-order valence-electron chi connectivity index (χ1n) is 5.18. The molecule has 2 rings (SSSR count). The van der Waals surface area contributed by atoms with Gasteiger partial charge in [-0.1, -0.05) is 15.9 Å². The summed E-state index contributed by atoms with van der Waals surface area (Å²) in [7, 11) is 0. The highest BCUT2D eigenvalue weighted by atomic mass is 79.9. The van der Waals surface area contributed by atoms with Crippen LogP contribution in [0.25, 0.3) is 0 Å². The molecule has 0 spiro atoms. The Hall–Kier alpha value is -1.69. The number of hydrogen-bond donors (Lipinski definition) is 1. The molecule has 1 aromatic heterocycles. The topological polar surface area (TPSA) is 55.1 Å². The third-order valence-electron chi connectivity index (χ3n) is 2.61. The summed E-state index contributed by atoms with van der Waals surface area (Å²) in [6.07, 6.45) is 1.27. The van der Waals surface area contributed by atoms with Gasteiger partial charge in [-0.3, -0.25) is 0 Å². The van der Waals surface area contributed by atoms with Crippen LogP contribution in [0.5, 0.6) is 0 Å². The summed E-state index contributed by atoms with van der Waals surface area (Å²) in [6.45, 7) is 1.82. The Morgan fingerprint density at radius 1 is 1.56 bits per heavy atom. The summed E-state index contributed by atoms with van der Waals surface area (Å²) < 4.78 is 15.8. The number of nitrogens with zero attached hydrogens (tertiary/aromatic N) is 2. The predicted octanol–water partition coefficient (Wildman–Crippen LogP) is 2.84. The van der Waals surface area contributed by atoms with Crippen molar-refractivity contribution in [1.82, 2.24) is 9.55 Å². The van der Waals surface area contributed by atoms with Gasteiger partial charge in [0.25, 0.3) is 0 Å². The van der Waals surface area contributed by atoms with Crippen molar-refractivity contribution in [3.8, 4) is 0 Å². The molecule has 0 saturated carbocycles. The van der Waals surface area contributed by atoms with Gasteiger partial charge in [-0.05, 0) is 25.1 Å². The first-order valence-corrected chi connectivity index (χ1v) is 5.97. The van der Waals surface area contributed by atoms with E-state index in [9.17, 15) is 9.18 Å². The van der Waals surface area contributed by atoms with E-state index in [1.54, 1.807) is 19.1 Å². The normalized spacial score (nSPS) is 10.6. The smallest absolute Gasteiger partial charge is 0.354 e. The van der Waals surface area contributed by atoms with Crippen molar-refractivity contribution in [1.29, 1.82) is 0 Å². The molecule has 18 heavy (non-hydrogen) atoms. The van der Waals surface area contributed by atoms with Gasteiger partial charge >= 0.3 is 5.97 Å². The molecule has 0 atom stereocenters. The standard InChI is InChI=1S/C12H10BrFN2O2/c1-7-15-5-11(12(17)18)16(7)6-8-4-9(13)2-3-10(8)14/h2-5H,6H2,1H3,(H,17,18). The Bertz CT molecular complexity index is 610. The van der Waals surface area contributed by atoms with Gasteiger partial charge in [0.15, 0.2) is 0 Å². The summed E-state index contributed by atoms with van der Waals surface area (Å²) in [5, 5.41) is 9.02. The van der Waals surface area contributed by atoms with Crippen molar-refractivity contribution < 1.29 is 14.3 Å². The maximum atomic E-state index is 13.6. The zero-order valence-electron chi connectivity index (χ0n) is 9.52. The molecule has 1 heterocycles. The van der Waals surface area contributed by atoms with Crippen LogP contribution in [-0.4, -0.2) is 20.6 Å². The predicted molar refractivity (Wildman–Crippen MR) is 67.1 cm³/mol. The van der Waals surface area contributed by atoms with Crippen LogP contribution < -0.4 is 0 Å². The summed E-state index contributed by atoms with van der Waals surface area (Å²) >= 11 is 3.26. The Morgan fingerprint density at radius 3 is 2.94 bits per heavy atom. The van der Waals surface area contributed by atoms with Crippen LogP contribution in [0.1, 0.15) is 21.9 Å². The van der Waals surface area contributed by atoms with Crippen LogP contribution >= 0.6 is 15.9 Å². The molecule has 0 aliphatic carbocycles. The number of rotatable bonds is 3. The molecule has 0 aliphatic heterocycles. The van der Waals surface area contributed by atoms with Gasteiger partial charge in [0.05, 0.1) is 12.7 Å². The van der Waals surface area contributed by atoms with Crippen molar-refractivity contribution in [3.05, 3.63) is 51.8 Å². The van der Waals surface area contributed by atoms with E-state index in [0.717, 1.165) is 4.47 Å². The average molecular weight is 313 g/mol. The van der Waals surface area contributed by atoms with E-state index < -0.39 is 5.97 Å². The molecule has 0 saturated heterocycles. The lowest BCUT2D eigenvalue weighted by Crippen LogP contribution is -2.11. The number of aromatic nitrogens is 2. The lowest BCUT2D eigenvalue weighted by molar-refractivity contribution is 0.0685. The van der Waals surface area contributed by atoms with Gasteiger partial charge in [0.1, 0.15) is 17.3 Å². The zero-order chi connectivity index (χ0) is 13.3. The van der Waals surface area contributed by atoms with Crippen LogP contribution in [0.2, 0.25) is 0 Å². The van der Waals surface area contributed by atoms with Crippen LogP contribution in [0.3, 0.4) is 0 Å². The number of aromatic carboxylic acids is 1. The number of carboxylic acid groups (broad SMARTS) is 1. The minimum absolute atomic E-state index is 0.0480. The van der Waals surface area contributed by atoms with E-state index in [4.69, 9.17) is 5.11 Å². The highest BCUT2D eigenvalue weighted by Gasteiger charge is 2.14. The highest BCUT2D eigenvalue weighted by molar-refractivity contribution is 9.10. The minimum Gasteiger partial charge on any atom is -0.477 e. The Labute approximate surface area is 111 Å². The number of imidazole rings is 1. The number of hydrogen-bond acceptors (Lipinski definition) is 2. The van der Waals surface area contributed by atoms with E-state index in [1.807, 2.05) is 0 Å². The van der Waals surface area contributed by atoms with Crippen molar-refractivity contribution in [2.75, 3.05) is 0 Å². The first-order chi connectivity index (χ1) is 8.49. The number of benzene rings is 1. The van der Waals surface area contributed by atoms with Crippen molar-refractivity contribution >= 4 is 21.9 Å². The second-order valence-corrected chi connectivity index (χ2v) is 4.73. The first kappa shape index (κ1) is 12.8. The van der Waals surface area contributed by atoms with E-state index in [-0.39, 0.29) is 18.1 Å². The van der Waals surface area contributed by atoms with Crippen LogP contribution in [0.15, 0.2) is 28.9 Å². The van der Waals surface area contributed by atoms with E-state index in [0.29, 0.717) is 11.4 Å². The fourth-order valence-corrected chi connectivity index (χ4v) is 2.08. The van der Waals surface area contributed by atoms with Gasteiger partial charge in [0.2, 0.25) is 0 Å². The Balaban J connectivity index is 2.42. The molecule has 6 heteroatoms. The van der Waals surface area contributed by atoms with Crippen molar-refractivity contribution in [2.24, 2.45) is 0 Å². The average Bonchev–Trinajstić information content (AvgIpc) is 2.66. The molecule has 0 unspecified atom stereocenters. The second-order valence-electron chi connectivity index (χ2n) is 3.82. The van der Waals surface area contributed by atoms with Gasteiger partial charge in [-0.25, -0.2) is 14.2 Å². The molecular formula is C12H10BrFN2O2. The van der Waals surface area contributed by atoms with E-state index >= 15 is 0 Å². The third-order valence-corrected chi connectivity index (χ3v) is 3.10. The fourth-order valence-electron chi connectivity index (χ4n) is 1.67. The summed E-state index contributed by atoms with van der Waals surface area (Å²) in [6, 6.07) is 4.56. The maximum absolute atomic E-state index is 13.6. The maximum Gasteiger partial charge on any atom is 0.354 e. The second kappa shape index (κ2) is 4.89. The molecule has 1 aromatic carbocycles. The van der Waals surface area contributed by atoms with Gasteiger partial charge in [-0.15, -0.1) is 0 Å². The lowest BCUT2D eigenvalue weighted by Gasteiger charge is -2.09. The molecule has 0 amide bonds. The SMILES string of the molecule is Cc1ncc(C(=O)O)n1Cc1cc(Br)ccc1F. The van der Waals surface area contributed by atoms with Crippen LogP contribution in [0.4, 0.5) is 4.39 Å². The molecule has 1 N–H and O–H groups in total. The third kappa shape index (κ3) is 2.43. The largest absolute Gasteiger partial charge is 0.477 e. The van der Waals surface area contributed by atoms with Crippen molar-refractivity contribution in [3.63, 3.8) is 0 Å². The number of halogens is 2. The molecule has 0 bridgehead atoms. The van der Waals surface area contributed by atoms with Crippen molar-refractivity contribution in [2.45, 2.75) is 13.5 Å². The summed E-state index contributed by atoms with van der Waals surface area (Å²) in [4.78, 5) is 14.9. The zero-order valence-corrected chi connectivity index (χ0v) is 11.1. The van der Waals surface area contributed by atoms with Gasteiger partial charge < -0.3 is 9.67 Å². The van der Waals surface area contributed by atoms with Crippen LogP contribution in [0, 0.1) is 12.7 Å². The molecule has 94 valence electrons. The molecule has 0 aliphatic rings. The monoisotopic (exact) mass is 312 g/mol. The molecular weight excluding hydrogens is 303 g/mol. The fraction of sp³-hybridized carbons (Fsp3) is 0.167. The molecule has 0 radical (unpaired) electrons. The molecule has 2 aromatic rings. The van der Waals surface area contributed by atoms with Gasteiger partial charge in [-0.2, -0.15) is 0 Å². The van der Waals surface area contributed by atoms with E-state index in [2.05, 4.69) is 20.9 Å². The van der Waals surface area contributed by atoms with E-state index in [1.165, 1.54) is 16.8 Å². The minimum atomic E-state index is -1.08. The van der Waals surface area contributed by atoms with Crippen LogP contribution in [-0.2, 0) is 6.54 Å². The summed E-state index contributed by atoms with van der Waals surface area (Å²) in [5.41, 5.74) is 0.458. The lowest BCUT2D eigenvalue weighted by atomic mass is 10.2. The Kier molecular flexibility index (Phi) is 3.47. The quantitative estimate of drug-likeness (QED) is 0.948. The highest BCUT2D eigenvalue weighted by Crippen LogP contribution is 2.18. The number of aryl methyl sites for hydroxylation is 1. The Morgan fingerprint density at radius 2 is 2.28 bits per heavy atom. The summed E-state index contributed by atoms with van der Waals surface area (Å²) in [5.74, 6) is -0.916. The van der Waals surface area contributed by atoms with Gasteiger partial charge in [0, 0.05) is 10.0 Å². The molecule has 4 nitrogen and oxygen atoms in total. The number of carbonyl (C=O) groups is 1.